The minimum atomic E-state index is -0.715. The molecule has 3 nitrogen and oxygen atoms in total. The number of rotatable bonds is 5. The van der Waals surface area contributed by atoms with Crippen LogP contribution in [0.1, 0.15) is 18.9 Å². The lowest BCUT2D eigenvalue weighted by atomic mass is 10.1. The van der Waals surface area contributed by atoms with E-state index >= 15 is 0 Å². The van der Waals surface area contributed by atoms with Crippen LogP contribution in [0.15, 0.2) is 60.7 Å². The molecule has 0 radical (unpaired) electrons. The molecule has 118 valence electrons. The summed E-state index contributed by atoms with van der Waals surface area (Å²) < 4.78 is 8.15. The van der Waals surface area contributed by atoms with Gasteiger partial charge >= 0.3 is 0 Å². The van der Waals surface area contributed by atoms with Gasteiger partial charge in [-0.25, -0.2) is 0 Å². The van der Waals surface area contributed by atoms with Crippen molar-refractivity contribution in [3.05, 3.63) is 71.8 Å². The molecule has 2 aromatic carbocycles. The van der Waals surface area contributed by atoms with E-state index in [1.54, 1.807) is 0 Å². The smallest absolute Gasteiger partial charge is 0.0638 e. The summed E-state index contributed by atoms with van der Waals surface area (Å²) in [7, 11) is 0. The Morgan fingerprint density at radius 3 is 2.17 bits per heavy atom. The first-order chi connectivity index (χ1) is 11.8. The molecule has 0 bridgehead atoms. The first-order valence-corrected chi connectivity index (χ1v) is 8.12. The van der Waals surface area contributed by atoms with Crippen LogP contribution >= 0.6 is 0 Å². The van der Waals surface area contributed by atoms with Crippen molar-refractivity contribution in [2.24, 2.45) is 0 Å². The Balaban J connectivity index is 1.68. The van der Waals surface area contributed by atoms with Crippen LogP contribution in [0.25, 0.3) is 0 Å². The Labute approximate surface area is 140 Å². The highest BCUT2D eigenvalue weighted by Gasteiger charge is 2.26. The van der Waals surface area contributed by atoms with Crippen LogP contribution in [-0.2, 0) is 13.1 Å². The van der Waals surface area contributed by atoms with Crippen molar-refractivity contribution < 1.29 is 1.37 Å². The van der Waals surface area contributed by atoms with E-state index in [-0.39, 0.29) is 6.04 Å². The molecule has 0 aromatic heterocycles. The van der Waals surface area contributed by atoms with Gasteiger partial charge in [-0.05, 0) is 11.1 Å². The van der Waals surface area contributed by atoms with Crippen molar-refractivity contribution in [3.63, 3.8) is 0 Å². The van der Waals surface area contributed by atoms with Crippen LogP contribution in [0.5, 0.6) is 0 Å². The third-order valence-electron chi connectivity index (χ3n) is 4.36. The van der Waals surface area contributed by atoms with Gasteiger partial charge in [0.05, 0.1) is 12.5 Å². The van der Waals surface area contributed by atoms with E-state index in [1.807, 2.05) is 24.3 Å². The molecule has 3 rings (SSSR count). The summed E-state index contributed by atoms with van der Waals surface area (Å²) in [5, 5.41) is 9.26. The standard InChI is InChI=1S/C20H23N3/c21-12-11-20-17-22(15-18-7-3-1-4-8-18)13-14-23(20)16-19-9-5-2-6-10-19/h1-10,20H,11,13-17H2/i11D. The molecule has 0 spiro atoms. The van der Waals surface area contributed by atoms with Gasteiger partial charge in [-0.15, -0.1) is 0 Å². The van der Waals surface area contributed by atoms with Gasteiger partial charge in [0.15, 0.2) is 0 Å². The average Bonchev–Trinajstić information content (AvgIpc) is 2.64. The van der Waals surface area contributed by atoms with Crippen LogP contribution in [0.3, 0.4) is 0 Å². The molecule has 1 aliphatic heterocycles. The van der Waals surface area contributed by atoms with Gasteiger partial charge in [-0.2, -0.15) is 5.26 Å². The highest BCUT2D eigenvalue weighted by Crippen LogP contribution is 2.18. The summed E-state index contributed by atoms with van der Waals surface area (Å²) in [5.41, 5.74) is 2.52. The molecule has 23 heavy (non-hydrogen) atoms. The normalized spacial score (nSPS) is 21.3. The van der Waals surface area contributed by atoms with Crippen molar-refractivity contribution in [3.8, 4) is 6.07 Å². The van der Waals surface area contributed by atoms with Crippen LogP contribution < -0.4 is 0 Å². The van der Waals surface area contributed by atoms with Gasteiger partial charge in [0.2, 0.25) is 0 Å². The van der Waals surface area contributed by atoms with Gasteiger partial charge in [0.1, 0.15) is 0 Å². The van der Waals surface area contributed by atoms with Gasteiger partial charge in [-0.1, -0.05) is 60.7 Å². The Hall–Kier alpha value is -2.15. The zero-order valence-corrected chi connectivity index (χ0v) is 13.3. The van der Waals surface area contributed by atoms with E-state index in [9.17, 15) is 5.26 Å². The second kappa shape index (κ2) is 7.92. The second-order valence-electron chi connectivity index (χ2n) is 6.04. The minimum absolute atomic E-state index is 0.0485. The summed E-state index contributed by atoms with van der Waals surface area (Å²) in [4.78, 5) is 4.65. The first kappa shape index (κ1) is 14.4. The van der Waals surface area contributed by atoms with Crippen molar-refractivity contribution in [1.82, 2.24) is 9.80 Å². The Morgan fingerprint density at radius 1 is 0.957 bits per heavy atom. The summed E-state index contributed by atoms with van der Waals surface area (Å²) in [6, 6.07) is 22.8. The Kier molecular flexibility index (Phi) is 4.97. The summed E-state index contributed by atoms with van der Waals surface area (Å²) >= 11 is 0. The van der Waals surface area contributed by atoms with Gasteiger partial charge < -0.3 is 0 Å². The molecule has 0 amide bonds. The zero-order valence-electron chi connectivity index (χ0n) is 14.3. The van der Waals surface area contributed by atoms with E-state index in [4.69, 9.17) is 1.37 Å². The zero-order chi connectivity index (χ0) is 16.8. The van der Waals surface area contributed by atoms with Gasteiger partial charge in [0.25, 0.3) is 0 Å². The number of nitrogens with zero attached hydrogens (tertiary/aromatic N) is 3. The van der Waals surface area contributed by atoms with Crippen molar-refractivity contribution in [2.45, 2.75) is 25.5 Å². The third kappa shape index (κ3) is 4.41. The van der Waals surface area contributed by atoms with Crippen LogP contribution in [-0.4, -0.2) is 35.5 Å². The molecular weight excluding hydrogens is 282 g/mol. The first-order valence-electron chi connectivity index (χ1n) is 8.70. The number of hydrogen-bond donors (Lipinski definition) is 0. The monoisotopic (exact) mass is 306 g/mol. The molecule has 3 heteroatoms. The molecule has 2 atom stereocenters. The molecule has 0 aliphatic carbocycles. The van der Waals surface area contributed by atoms with Crippen LogP contribution in [0.4, 0.5) is 0 Å². The van der Waals surface area contributed by atoms with Gasteiger partial charge in [-0.3, -0.25) is 9.80 Å². The molecule has 0 saturated carbocycles. The maximum Gasteiger partial charge on any atom is 0.0638 e. The SMILES string of the molecule is [2H]C(C#N)C1CN(Cc2ccccc2)CCN1Cc1ccccc1. The average molecular weight is 306 g/mol. The molecule has 2 unspecified atom stereocenters. The van der Waals surface area contributed by atoms with Gasteiger partial charge in [0, 0.05) is 40.1 Å². The van der Waals surface area contributed by atoms with Crippen LogP contribution in [0, 0.1) is 11.3 Å². The molecule has 1 saturated heterocycles. The molecule has 2 aromatic rings. The molecule has 1 heterocycles. The van der Waals surface area contributed by atoms with Crippen molar-refractivity contribution >= 4 is 0 Å². The van der Waals surface area contributed by atoms with E-state index < -0.39 is 6.40 Å². The largest absolute Gasteiger partial charge is 0.296 e. The summed E-state index contributed by atoms with van der Waals surface area (Å²) in [5.74, 6) is 0. The van der Waals surface area contributed by atoms with Crippen molar-refractivity contribution in [2.75, 3.05) is 19.6 Å². The number of nitriles is 1. The predicted molar refractivity (Wildman–Crippen MR) is 92.6 cm³/mol. The number of benzene rings is 2. The molecular formula is C20H23N3. The lowest BCUT2D eigenvalue weighted by molar-refractivity contribution is 0.0662. The molecule has 1 aliphatic rings. The van der Waals surface area contributed by atoms with Crippen molar-refractivity contribution in [1.29, 1.82) is 5.26 Å². The summed E-state index contributed by atoms with van der Waals surface area (Å²) in [6.07, 6.45) is -0.715. The highest BCUT2D eigenvalue weighted by molar-refractivity contribution is 5.16. The van der Waals surface area contributed by atoms with E-state index in [2.05, 4.69) is 52.3 Å². The molecule has 1 fully saturated rings. The Morgan fingerprint density at radius 2 is 1.57 bits per heavy atom. The lowest BCUT2D eigenvalue weighted by Crippen LogP contribution is -2.52. The number of piperazine rings is 1. The quantitative estimate of drug-likeness (QED) is 0.849. The van der Waals surface area contributed by atoms with Crippen LogP contribution in [0.2, 0.25) is 0 Å². The minimum Gasteiger partial charge on any atom is -0.296 e. The number of hydrogen-bond acceptors (Lipinski definition) is 3. The second-order valence-corrected chi connectivity index (χ2v) is 6.04. The topological polar surface area (TPSA) is 30.3 Å². The predicted octanol–water partition coefficient (Wildman–Crippen LogP) is 3.29. The maximum absolute atomic E-state index is 9.26. The fourth-order valence-corrected chi connectivity index (χ4v) is 3.15. The van der Waals surface area contributed by atoms with E-state index in [0.29, 0.717) is 0 Å². The lowest BCUT2D eigenvalue weighted by Gasteiger charge is -2.40. The van der Waals surface area contributed by atoms with E-state index in [1.165, 1.54) is 11.1 Å². The fraction of sp³-hybridized carbons (Fsp3) is 0.350. The Bertz CT molecular complexity index is 668. The fourth-order valence-electron chi connectivity index (χ4n) is 3.15. The summed E-state index contributed by atoms with van der Waals surface area (Å²) in [6.45, 7) is 4.32. The maximum atomic E-state index is 9.26. The highest BCUT2D eigenvalue weighted by atomic mass is 15.3. The third-order valence-corrected chi connectivity index (χ3v) is 4.36. The van der Waals surface area contributed by atoms with E-state index in [0.717, 1.165) is 32.7 Å². The molecule has 0 N–H and O–H groups in total.